The molecule has 2 aromatic carbocycles. The Labute approximate surface area is 141 Å². The summed E-state index contributed by atoms with van der Waals surface area (Å²) in [6.07, 6.45) is 0. The lowest BCUT2D eigenvalue weighted by Crippen LogP contribution is -1.96. The molecule has 0 aliphatic heterocycles. The number of Topliss-reactive ketones (excluding diaryl/α,β-unsaturated/α-hetero) is 4. The molecule has 0 saturated heterocycles. The van der Waals surface area contributed by atoms with Gasteiger partial charge in [-0.05, 0) is 33.8 Å². The van der Waals surface area contributed by atoms with Crippen LogP contribution < -0.4 is 0 Å². The fourth-order valence-electron chi connectivity index (χ4n) is 1.90. The number of carbonyl (C=O) groups is 4. The van der Waals surface area contributed by atoms with E-state index in [-0.39, 0.29) is 23.1 Å². The number of benzene rings is 2. The molecule has 0 amide bonds. The third kappa shape index (κ3) is 5.72. The molecule has 0 heterocycles. The molecule has 0 fully saturated rings. The van der Waals surface area contributed by atoms with E-state index in [0.717, 1.165) is 0 Å². The second-order valence-electron chi connectivity index (χ2n) is 5.38. The normalized spacial score (nSPS) is 9.50. The summed E-state index contributed by atoms with van der Waals surface area (Å²) in [6.45, 7) is 5.98. The van der Waals surface area contributed by atoms with Crippen molar-refractivity contribution in [2.24, 2.45) is 0 Å². The Morgan fingerprint density at radius 2 is 0.792 bits per heavy atom. The van der Waals surface area contributed by atoms with Crippen molar-refractivity contribution < 1.29 is 19.2 Å². The Balaban J connectivity index is 0.000000240. The SMILES string of the molecule is CC(=O)c1ccc(C(C)=O)cc1.CC(=O)c1cccc(C(C)=O)c1. The molecule has 124 valence electrons. The maximum Gasteiger partial charge on any atom is 0.159 e. The highest BCUT2D eigenvalue weighted by Gasteiger charge is 2.03. The maximum atomic E-state index is 10.9. The van der Waals surface area contributed by atoms with Crippen LogP contribution in [0.5, 0.6) is 0 Å². The average molecular weight is 324 g/mol. The van der Waals surface area contributed by atoms with Gasteiger partial charge in [-0.1, -0.05) is 42.5 Å². The van der Waals surface area contributed by atoms with Crippen LogP contribution in [0, 0.1) is 0 Å². The molecule has 0 aromatic heterocycles. The highest BCUT2D eigenvalue weighted by molar-refractivity contribution is 5.99. The summed E-state index contributed by atoms with van der Waals surface area (Å²) in [4.78, 5) is 43.5. The minimum absolute atomic E-state index is 0.0156. The zero-order valence-corrected chi connectivity index (χ0v) is 14.3. The second kappa shape index (κ2) is 8.67. The molecule has 4 nitrogen and oxygen atoms in total. The van der Waals surface area contributed by atoms with E-state index in [1.54, 1.807) is 48.5 Å². The molecule has 0 saturated carbocycles. The molecule has 2 rings (SSSR count). The van der Waals surface area contributed by atoms with Crippen molar-refractivity contribution >= 4 is 23.1 Å². The van der Waals surface area contributed by atoms with Gasteiger partial charge in [0.15, 0.2) is 23.1 Å². The standard InChI is InChI=1S/2C10H10O2/c1-7(11)9-3-5-10(6-4-9)8(2)12;1-7(11)9-4-3-5-10(6-9)8(2)12/h2*3-6H,1-2H3. The molecule has 0 unspecified atom stereocenters. The number of rotatable bonds is 4. The van der Waals surface area contributed by atoms with Gasteiger partial charge < -0.3 is 0 Å². The molecule has 0 aliphatic rings. The lowest BCUT2D eigenvalue weighted by molar-refractivity contribution is 0.100. The molecule has 24 heavy (non-hydrogen) atoms. The third-order valence-corrected chi connectivity index (χ3v) is 3.37. The molecule has 4 heteroatoms. The minimum Gasteiger partial charge on any atom is -0.295 e. The average Bonchev–Trinajstić information content (AvgIpc) is 2.55. The summed E-state index contributed by atoms with van der Waals surface area (Å²) in [6, 6.07) is 13.4. The Morgan fingerprint density at radius 1 is 0.500 bits per heavy atom. The Bertz CT molecular complexity index is 708. The first kappa shape index (κ1) is 19.2. The van der Waals surface area contributed by atoms with Gasteiger partial charge in [0, 0.05) is 22.3 Å². The Kier molecular flexibility index (Phi) is 6.93. The first-order valence-corrected chi connectivity index (χ1v) is 7.46. The van der Waals surface area contributed by atoms with Crippen LogP contribution in [0.2, 0.25) is 0 Å². The quantitative estimate of drug-likeness (QED) is 0.791. The van der Waals surface area contributed by atoms with Crippen molar-refractivity contribution in [2.45, 2.75) is 27.7 Å². The summed E-state index contributed by atoms with van der Waals surface area (Å²) in [5.74, 6) is 0.00593. The van der Waals surface area contributed by atoms with E-state index >= 15 is 0 Å². The third-order valence-electron chi connectivity index (χ3n) is 3.37. The van der Waals surface area contributed by atoms with Gasteiger partial charge in [0.1, 0.15) is 0 Å². The Hall–Kier alpha value is -2.88. The van der Waals surface area contributed by atoms with Gasteiger partial charge in [0.2, 0.25) is 0 Å². The van der Waals surface area contributed by atoms with Gasteiger partial charge in [0.25, 0.3) is 0 Å². The second-order valence-corrected chi connectivity index (χ2v) is 5.38. The van der Waals surface area contributed by atoms with Crippen molar-refractivity contribution in [3.63, 3.8) is 0 Å². The van der Waals surface area contributed by atoms with Crippen molar-refractivity contribution in [1.82, 2.24) is 0 Å². The summed E-state index contributed by atoms with van der Waals surface area (Å²) < 4.78 is 0. The van der Waals surface area contributed by atoms with Crippen LogP contribution in [-0.4, -0.2) is 23.1 Å². The van der Waals surface area contributed by atoms with Gasteiger partial charge in [-0.15, -0.1) is 0 Å². The highest BCUT2D eigenvalue weighted by atomic mass is 16.1. The summed E-state index contributed by atoms with van der Waals surface area (Å²) in [5.41, 5.74) is 2.45. The lowest BCUT2D eigenvalue weighted by atomic mass is 10.1. The topological polar surface area (TPSA) is 68.3 Å². The molecule has 0 N–H and O–H groups in total. The van der Waals surface area contributed by atoms with Crippen molar-refractivity contribution in [3.8, 4) is 0 Å². The van der Waals surface area contributed by atoms with E-state index in [1.165, 1.54) is 27.7 Å². The molecule has 0 atom stereocenters. The zero-order chi connectivity index (χ0) is 18.3. The number of carbonyl (C=O) groups excluding carboxylic acids is 4. The van der Waals surface area contributed by atoms with Crippen LogP contribution in [0.25, 0.3) is 0 Å². The minimum atomic E-state index is -0.0156. The predicted molar refractivity (Wildman–Crippen MR) is 92.9 cm³/mol. The van der Waals surface area contributed by atoms with Crippen molar-refractivity contribution in [3.05, 3.63) is 70.8 Å². The summed E-state index contributed by atoms with van der Waals surface area (Å²) >= 11 is 0. The van der Waals surface area contributed by atoms with E-state index in [9.17, 15) is 19.2 Å². The first-order valence-electron chi connectivity index (χ1n) is 7.46. The van der Waals surface area contributed by atoms with Crippen molar-refractivity contribution in [2.75, 3.05) is 0 Å². The maximum absolute atomic E-state index is 10.9. The van der Waals surface area contributed by atoms with Crippen LogP contribution in [0.15, 0.2) is 48.5 Å². The molecule has 0 radical (unpaired) electrons. The van der Waals surface area contributed by atoms with E-state index in [2.05, 4.69) is 0 Å². The van der Waals surface area contributed by atoms with Gasteiger partial charge in [-0.2, -0.15) is 0 Å². The van der Waals surface area contributed by atoms with Gasteiger partial charge in [-0.25, -0.2) is 0 Å². The molecule has 0 bridgehead atoms. The smallest absolute Gasteiger partial charge is 0.159 e. The molecule has 0 spiro atoms. The summed E-state index contributed by atoms with van der Waals surface area (Å²) in [5, 5.41) is 0. The molecule has 0 aliphatic carbocycles. The predicted octanol–water partition coefficient (Wildman–Crippen LogP) is 4.18. The van der Waals surface area contributed by atoms with E-state index in [4.69, 9.17) is 0 Å². The number of ketones is 4. The van der Waals surface area contributed by atoms with Gasteiger partial charge in [0.05, 0.1) is 0 Å². The van der Waals surface area contributed by atoms with Crippen LogP contribution in [0.4, 0.5) is 0 Å². The Morgan fingerprint density at radius 3 is 1.04 bits per heavy atom. The first-order chi connectivity index (χ1) is 11.2. The van der Waals surface area contributed by atoms with E-state index in [1.807, 2.05) is 0 Å². The summed E-state index contributed by atoms with van der Waals surface area (Å²) in [7, 11) is 0. The molecule has 2 aromatic rings. The molecular weight excluding hydrogens is 304 g/mol. The van der Waals surface area contributed by atoms with Crippen LogP contribution in [0.1, 0.15) is 69.1 Å². The van der Waals surface area contributed by atoms with Gasteiger partial charge >= 0.3 is 0 Å². The van der Waals surface area contributed by atoms with E-state index in [0.29, 0.717) is 22.3 Å². The largest absolute Gasteiger partial charge is 0.295 e. The fraction of sp³-hybridized carbons (Fsp3) is 0.200. The number of hydrogen-bond acceptors (Lipinski definition) is 4. The van der Waals surface area contributed by atoms with Crippen molar-refractivity contribution in [1.29, 1.82) is 0 Å². The lowest BCUT2D eigenvalue weighted by Gasteiger charge is -1.97. The van der Waals surface area contributed by atoms with Crippen LogP contribution in [-0.2, 0) is 0 Å². The van der Waals surface area contributed by atoms with E-state index < -0.39 is 0 Å². The van der Waals surface area contributed by atoms with Gasteiger partial charge in [-0.3, -0.25) is 19.2 Å². The van der Waals surface area contributed by atoms with Crippen LogP contribution in [0.3, 0.4) is 0 Å². The van der Waals surface area contributed by atoms with Crippen LogP contribution >= 0.6 is 0 Å². The fourth-order valence-corrected chi connectivity index (χ4v) is 1.90. The monoisotopic (exact) mass is 324 g/mol. The number of hydrogen-bond donors (Lipinski definition) is 0. The molecular formula is C20H20O4. The zero-order valence-electron chi connectivity index (χ0n) is 14.3. The highest BCUT2D eigenvalue weighted by Crippen LogP contribution is 2.06.